The molecule has 8 nitrogen and oxygen atoms in total. The molecule has 0 atom stereocenters. The molecule has 4 rings (SSSR count). The number of piperazine rings is 1. The summed E-state index contributed by atoms with van der Waals surface area (Å²) in [6.45, 7) is 5.72. The Morgan fingerprint density at radius 2 is 1.74 bits per heavy atom. The number of carbonyl (C=O) groups is 2. The van der Waals surface area contributed by atoms with Crippen LogP contribution in [0.1, 0.15) is 33.3 Å². The van der Waals surface area contributed by atoms with Crippen LogP contribution in [0, 0.1) is 5.82 Å². The number of likely N-dealkylation sites (N-methyl/N-ethyl adjacent to an activating group) is 1. The van der Waals surface area contributed by atoms with E-state index >= 15 is 0 Å². The van der Waals surface area contributed by atoms with Crippen LogP contribution in [0.3, 0.4) is 0 Å². The number of ether oxygens (including phenoxy) is 1. The number of nitrogens with zero attached hydrogens (tertiary/aromatic N) is 4. The van der Waals surface area contributed by atoms with Crippen molar-refractivity contribution in [1.82, 2.24) is 14.9 Å². The zero-order chi connectivity index (χ0) is 24.1. The molecule has 0 radical (unpaired) electrons. The van der Waals surface area contributed by atoms with E-state index in [1.54, 1.807) is 13.0 Å². The lowest BCUT2D eigenvalue weighted by molar-refractivity contribution is 0.0522. The number of hydrogen-bond donors (Lipinski definition) is 1. The average molecular weight is 464 g/mol. The molecule has 9 heteroatoms. The van der Waals surface area contributed by atoms with Gasteiger partial charge in [-0.1, -0.05) is 12.1 Å². The molecule has 1 saturated heterocycles. The Morgan fingerprint density at radius 1 is 1.03 bits per heavy atom. The summed E-state index contributed by atoms with van der Waals surface area (Å²) in [4.78, 5) is 38.5. The molecule has 2 aromatic carbocycles. The number of carbonyl (C=O) groups excluding carboxylic acids is 2. The van der Waals surface area contributed by atoms with E-state index in [4.69, 9.17) is 4.74 Å². The van der Waals surface area contributed by atoms with Crippen molar-refractivity contribution >= 4 is 29.1 Å². The molecule has 1 N–H and O–H groups in total. The van der Waals surface area contributed by atoms with E-state index in [1.165, 1.54) is 24.4 Å². The maximum atomic E-state index is 14.3. The second kappa shape index (κ2) is 10.4. The number of nitrogens with one attached hydrogen (secondary N) is 1. The van der Waals surface area contributed by atoms with Crippen molar-refractivity contribution in [3.8, 4) is 0 Å². The topological polar surface area (TPSA) is 87.7 Å². The smallest absolute Gasteiger partial charge is 0.342 e. The molecular weight excluding hydrogens is 437 g/mol. The monoisotopic (exact) mass is 463 g/mol. The van der Waals surface area contributed by atoms with Gasteiger partial charge in [-0.15, -0.1) is 0 Å². The third-order valence-electron chi connectivity index (χ3n) is 5.61. The van der Waals surface area contributed by atoms with Gasteiger partial charge in [-0.05, 0) is 50.4 Å². The summed E-state index contributed by atoms with van der Waals surface area (Å²) in [7, 11) is 2.11. The van der Waals surface area contributed by atoms with Gasteiger partial charge in [0.15, 0.2) is 0 Å². The quantitative estimate of drug-likeness (QED) is 0.421. The number of benzene rings is 2. The number of ketones is 1. The Balaban J connectivity index is 1.59. The van der Waals surface area contributed by atoms with E-state index in [0.717, 1.165) is 31.9 Å². The van der Waals surface area contributed by atoms with Crippen LogP contribution in [0.25, 0.3) is 0 Å². The lowest BCUT2D eigenvalue weighted by Gasteiger charge is -2.34. The first-order valence-electron chi connectivity index (χ1n) is 11.1. The Bertz CT molecular complexity index is 1180. The number of halogens is 1. The van der Waals surface area contributed by atoms with Gasteiger partial charge < -0.3 is 19.9 Å². The fourth-order valence-corrected chi connectivity index (χ4v) is 3.70. The molecule has 0 aliphatic carbocycles. The van der Waals surface area contributed by atoms with Gasteiger partial charge in [0.1, 0.15) is 17.1 Å². The van der Waals surface area contributed by atoms with Gasteiger partial charge >= 0.3 is 5.97 Å². The molecule has 0 bridgehead atoms. The molecule has 1 aliphatic rings. The minimum Gasteiger partial charge on any atom is -0.462 e. The highest BCUT2D eigenvalue weighted by Gasteiger charge is 2.24. The SMILES string of the molecule is CCOC(=O)c1cnc(Nc2ccc(N3CCN(C)CC3)cc2)nc1C(=O)c1ccccc1F. The predicted octanol–water partition coefficient (Wildman–Crippen LogP) is 3.52. The summed E-state index contributed by atoms with van der Waals surface area (Å²) in [5, 5.41) is 3.05. The molecule has 0 spiro atoms. The Hall–Kier alpha value is -3.85. The van der Waals surface area contributed by atoms with Gasteiger partial charge in [0.05, 0.1) is 12.2 Å². The van der Waals surface area contributed by atoms with Crippen molar-refractivity contribution in [2.75, 3.05) is 50.1 Å². The van der Waals surface area contributed by atoms with Gasteiger partial charge in [-0.3, -0.25) is 4.79 Å². The molecule has 2 heterocycles. The summed E-state index contributed by atoms with van der Waals surface area (Å²) >= 11 is 0. The molecule has 1 fully saturated rings. The summed E-state index contributed by atoms with van der Waals surface area (Å²) in [5.74, 6) is -2.06. The minimum absolute atomic E-state index is 0.111. The molecule has 1 aromatic heterocycles. The van der Waals surface area contributed by atoms with Crippen molar-refractivity contribution in [3.05, 3.63) is 77.4 Å². The van der Waals surface area contributed by atoms with E-state index in [9.17, 15) is 14.0 Å². The molecule has 3 aromatic rings. The minimum atomic E-state index is -0.745. The fraction of sp³-hybridized carbons (Fsp3) is 0.280. The maximum absolute atomic E-state index is 14.3. The Labute approximate surface area is 197 Å². The van der Waals surface area contributed by atoms with Gasteiger partial charge in [-0.25, -0.2) is 19.2 Å². The van der Waals surface area contributed by atoms with Gasteiger partial charge in [0.25, 0.3) is 0 Å². The van der Waals surface area contributed by atoms with Gasteiger partial charge in [0, 0.05) is 43.8 Å². The highest BCUT2D eigenvalue weighted by molar-refractivity contribution is 6.13. The maximum Gasteiger partial charge on any atom is 0.342 e. The van der Waals surface area contributed by atoms with Crippen LogP contribution < -0.4 is 10.2 Å². The number of esters is 1. The largest absolute Gasteiger partial charge is 0.462 e. The van der Waals surface area contributed by atoms with E-state index < -0.39 is 17.6 Å². The highest BCUT2D eigenvalue weighted by Crippen LogP contribution is 2.22. The predicted molar refractivity (Wildman–Crippen MR) is 127 cm³/mol. The first-order chi connectivity index (χ1) is 16.5. The van der Waals surface area contributed by atoms with Crippen LogP contribution in [0.15, 0.2) is 54.7 Å². The van der Waals surface area contributed by atoms with Crippen LogP contribution in [-0.4, -0.2) is 66.5 Å². The average Bonchev–Trinajstić information content (AvgIpc) is 2.85. The van der Waals surface area contributed by atoms with Crippen molar-refractivity contribution in [2.24, 2.45) is 0 Å². The molecular formula is C25H26FN5O3. The Kier molecular flexibility index (Phi) is 7.12. The number of hydrogen-bond acceptors (Lipinski definition) is 8. The molecule has 34 heavy (non-hydrogen) atoms. The lowest BCUT2D eigenvalue weighted by atomic mass is 10.0. The summed E-state index contributed by atoms with van der Waals surface area (Å²) < 4.78 is 19.3. The molecule has 176 valence electrons. The molecule has 0 saturated carbocycles. The number of rotatable bonds is 7. The van der Waals surface area contributed by atoms with E-state index in [0.29, 0.717) is 5.69 Å². The van der Waals surface area contributed by atoms with E-state index in [2.05, 4.69) is 32.1 Å². The van der Waals surface area contributed by atoms with Gasteiger partial charge in [0.2, 0.25) is 11.7 Å². The fourth-order valence-electron chi connectivity index (χ4n) is 3.70. The van der Waals surface area contributed by atoms with Crippen LogP contribution in [-0.2, 0) is 4.74 Å². The number of anilines is 3. The van der Waals surface area contributed by atoms with Crippen molar-refractivity contribution in [3.63, 3.8) is 0 Å². The second-order valence-electron chi connectivity index (χ2n) is 7.95. The van der Waals surface area contributed by atoms with Gasteiger partial charge in [-0.2, -0.15) is 0 Å². The van der Waals surface area contributed by atoms with Crippen molar-refractivity contribution in [1.29, 1.82) is 0 Å². The molecule has 0 amide bonds. The van der Waals surface area contributed by atoms with Crippen LogP contribution >= 0.6 is 0 Å². The number of aromatic nitrogens is 2. The zero-order valence-electron chi connectivity index (χ0n) is 19.1. The Morgan fingerprint density at radius 3 is 2.41 bits per heavy atom. The molecule has 0 unspecified atom stereocenters. The summed E-state index contributed by atoms with van der Waals surface area (Å²) in [5.41, 5.74) is 1.30. The molecule has 1 aliphatic heterocycles. The summed E-state index contributed by atoms with van der Waals surface area (Å²) in [6.07, 6.45) is 1.22. The zero-order valence-corrected chi connectivity index (χ0v) is 19.1. The highest BCUT2D eigenvalue weighted by atomic mass is 19.1. The van der Waals surface area contributed by atoms with Crippen molar-refractivity contribution in [2.45, 2.75) is 6.92 Å². The third-order valence-corrected chi connectivity index (χ3v) is 5.61. The van der Waals surface area contributed by atoms with Crippen LogP contribution in [0.4, 0.5) is 21.7 Å². The van der Waals surface area contributed by atoms with Crippen LogP contribution in [0.2, 0.25) is 0 Å². The second-order valence-corrected chi connectivity index (χ2v) is 7.95. The van der Waals surface area contributed by atoms with Crippen molar-refractivity contribution < 1.29 is 18.7 Å². The summed E-state index contributed by atoms with van der Waals surface area (Å²) in [6, 6.07) is 13.4. The lowest BCUT2D eigenvalue weighted by Crippen LogP contribution is -2.44. The first-order valence-corrected chi connectivity index (χ1v) is 11.1. The third kappa shape index (κ3) is 5.20. The standard InChI is InChI=1S/C25H26FN5O3/c1-3-34-24(33)20-16-27-25(29-22(20)23(32)19-6-4-5-7-21(19)26)28-17-8-10-18(11-9-17)31-14-12-30(2)13-15-31/h4-11,16H,3,12-15H2,1-2H3,(H,27,28,29). The first kappa shape index (κ1) is 23.3. The van der Waals surface area contributed by atoms with E-state index in [1.807, 2.05) is 24.3 Å². The van der Waals surface area contributed by atoms with Crippen LogP contribution in [0.5, 0.6) is 0 Å². The van der Waals surface area contributed by atoms with E-state index in [-0.39, 0.29) is 29.4 Å². The normalized spacial score (nSPS) is 14.0.